The van der Waals surface area contributed by atoms with Gasteiger partial charge in [0.15, 0.2) is 11.6 Å². The van der Waals surface area contributed by atoms with Crippen molar-refractivity contribution in [2.75, 3.05) is 5.32 Å². The van der Waals surface area contributed by atoms with E-state index in [1.165, 1.54) is 6.07 Å². The van der Waals surface area contributed by atoms with Crippen molar-refractivity contribution < 1.29 is 13.5 Å². The standard InChI is InChI=1S/C16H17F2NO/c1-11(2)20-14-8-6-13(7-9-14)19-10-12-4-3-5-15(17)16(12)18/h3-9,11,19H,10H2,1-2H3. The van der Waals surface area contributed by atoms with Crippen molar-refractivity contribution in [3.8, 4) is 5.75 Å². The molecule has 0 radical (unpaired) electrons. The number of ether oxygens (including phenoxy) is 1. The lowest BCUT2D eigenvalue weighted by Crippen LogP contribution is -2.06. The van der Waals surface area contributed by atoms with Gasteiger partial charge in [-0.2, -0.15) is 0 Å². The highest BCUT2D eigenvalue weighted by molar-refractivity contribution is 5.46. The van der Waals surface area contributed by atoms with Crippen LogP contribution < -0.4 is 10.1 Å². The fraction of sp³-hybridized carbons (Fsp3) is 0.250. The molecule has 0 aliphatic rings. The number of anilines is 1. The Kier molecular flexibility index (Phi) is 4.56. The van der Waals surface area contributed by atoms with Crippen LogP contribution in [-0.2, 0) is 6.54 Å². The minimum Gasteiger partial charge on any atom is -0.491 e. The summed E-state index contributed by atoms with van der Waals surface area (Å²) in [6, 6.07) is 11.5. The molecule has 0 aliphatic heterocycles. The summed E-state index contributed by atoms with van der Waals surface area (Å²) in [5.74, 6) is -0.854. The van der Waals surface area contributed by atoms with E-state index in [9.17, 15) is 8.78 Å². The predicted molar refractivity (Wildman–Crippen MR) is 75.9 cm³/mol. The lowest BCUT2D eigenvalue weighted by molar-refractivity contribution is 0.242. The number of nitrogens with one attached hydrogen (secondary N) is 1. The van der Waals surface area contributed by atoms with Gasteiger partial charge in [0.05, 0.1) is 6.10 Å². The highest BCUT2D eigenvalue weighted by Gasteiger charge is 2.07. The molecule has 0 atom stereocenters. The molecule has 0 unspecified atom stereocenters. The molecular formula is C16H17F2NO. The normalized spacial score (nSPS) is 10.7. The summed E-state index contributed by atoms with van der Waals surface area (Å²) in [5, 5.41) is 3.05. The summed E-state index contributed by atoms with van der Waals surface area (Å²) < 4.78 is 32.1. The molecule has 1 N–H and O–H groups in total. The van der Waals surface area contributed by atoms with Crippen LogP contribution >= 0.6 is 0 Å². The molecule has 0 fully saturated rings. The van der Waals surface area contributed by atoms with Crippen molar-refractivity contribution in [3.05, 3.63) is 59.7 Å². The SMILES string of the molecule is CC(C)Oc1ccc(NCc2cccc(F)c2F)cc1. The van der Waals surface area contributed by atoms with Crippen LogP contribution in [0, 0.1) is 11.6 Å². The Morgan fingerprint density at radius 2 is 1.75 bits per heavy atom. The van der Waals surface area contributed by atoms with Gasteiger partial charge in [-0.3, -0.25) is 0 Å². The van der Waals surface area contributed by atoms with Crippen molar-refractivity contribution >= 4 is 5.69 Å². The van der Waals surface area contributed by atoms with Gasteiger partial charge in [0.25, 0.3) is 0 Å². The molecule has 4 heteroatoms. The fourth-order valence-electron chi connectivity index (χ4n) is 1.81. The third-order valence-electron chi connectivity index (χ3n) is 2.74. The Hall–Kier alpha value is -2.10. The first-order chi connectivity index (χ1) is 9.56. The monoisotopic (exact) mass is 277 g/mol. The van der Waals surface area contributed by atoms with E-state index in [1.54, 1.807) is 6.07 Å². The third-order valence-corrected chi connectivity index (χ3v) is 2.74. The summed E-state index contributed by atoms with van der Waals surface area (Å²) >= 11 is 0. The van der Waals surface area contributed by atoms with Crippen LogP contribution in [0.2, 0.25) is 0 Å². The zero-order valence-corrected chi connectivity index (χ0v) is 11.5. The second-order valence-corrected chi connectivity index (χ2v) is 4.76. The average molecular weight is 277 g/mol. The van der Waals surface area contributed by atoms with Gasteiger partial charge in [0.1, 0.15) is 5.75 Å². The van der Waals surface area contributed by atoms with E-state index >= 15 is 0 Å². The molecular weight excluding hydrogens is 260 g/mol. The van der Waals surface area contributed by atoms with E-state index in [-0.39, 0.29) is 12.6 Å². The van der Waals surface area contributed by atoms with Gasteiger partial charge >= 0.3 is 0 Å². The number of hydrogen-bond donors (Lipinski definition) is 1. The van der Waals surface area contributed by atoms with Gasteiger partial charge in [0.2, 0.25) is 0 Å². The van der Waals surface area contributed by atoms with Gasteiger partial charge < -0.3 is 10.1 Å². The minimum atomic E-state index is -0.829. The predicted octanol–water partition coefficient (Wildman–Crippen LogP) is 4.36. The molecule has 0 amide bonds. The van der Waals surface area contributed by atoms with E-state index in [4.69, 9.17) is 4.74 Å². The summed E-state index contributed by atoms with van der Waals surface area (Å²) in [7, 11) is 0. The second-order valence-electron chi connectivity index (χ2n) is 4.76. The summed E-state index contributed by atoms with van der Waals surface area (Å²) in [6.07, 6.45) is 0.121. The fourth-order valence-corrected chi connectivity index (χ4v) is 1.81. The van der Waals surface area contributed by atoms with Crippen LogP contribution in [0.4, 0.5) is 14.5 Å². The van der Waals surface area contributed by atoms with Gasteiger partial charge in [-0.25, -0.2) is 8.78 Å². The Morgan fingerprint density at radius 3 is 2.40 bits per heavy atom. The van der Waals surface area contributed by atoms with E-state index in [0.29, 0.717) is 5.56 Å². The Morgan fingerprint density at radius 1 is 1.05 bits per heavy atom. The molecule has 0 saturated heterocycles. The molecule has 0 saturated carbocycles. The molecule has 0 heterocycles. The van der Waals surface area contributed by atoms with Crippen LogP contribution in [0.5, 0.6) is 5.75 Å². The maximum atomic E-state index is 13.5. The number of rotatable bonds is 5. The summed E-state index contributed by atoms with van der Waals surface area (Å²) in [4.78, 5) is 0. The molecule has 0 aliphatic carbocycles. The van der Waals surface area contributed by atoms with Crippen molar-refractivity contribution in [2.24, 2.45) is 0 Å². The van der Waals surface area contributed by atoms with E-state index < -0.39 is 11.6 Å². The lowest BCUT2D eigenvalue weighted by Gasteiger charge is -2.11. The van der Waals surface area contributed by atoms with E-state index in [1.807, 2.05) is 38.1 Å². The Balaban J connectivity index is 1.99. The zero-order chi connectivity index (χ0) is 14.5. The maximum Gasteiger partial charge on any atom is 0.163 e. The molecule has 2 aromatic rings. The number of hydrogen-bond acceptors (Lipinski definition) is 2. The van der Waals surface area contributed by atoms with E-state index in [0.717, 1.165) is 17.5 Å². The lowest BCUT2D eigenvalue weighted by atomic mass is 10.2. The first-order valence-electron chi connectivity index (χ1n) is 6.49. The number of benzene rings is 2. The van der Waals surface area contributed by atoms with Crippen LogP contribution in [0.15, 0.2) is 42.5 Å². The van der Waals surface area contributed by atoms with Gasteiger partial charge in [-0.1, -0.05) is 12.1 Å². The first-order valence-corrected chi connectivity index (χ1v) is 6.49. The van der Waals surface area contributed by atoms with Crippen LogP contribution in [0.1, 0.15) is 19.4 Å². The van der Waals surface area contributed by atoms with Crippen molar-refractivity contribution in [1.82, 2.24) is 0 Å². The van der Waals surface area contributed by atoms with Gasteiger partial charge in [0, 0.05) is 17.8 Å². The molecule has 106 valence electrons. The average Bonchev–Trinajstić information content (AvgIpc) is 2.41. The Bertz CT molecular complexity index is 567. The number of halogens is 2. The largest absolute Gasteiger partial charge is 0.491 e. The molecule has 2 rings (SSSR count). The molecule has 0 aromatic heterocycles. The van der Waals surface area contributed by atoms with Crippen molar-refractivity contribution in [3.63, 3.8) is 0 Å². The van der Waals surface area contributed by atoms with Gasteiger partial charge in [-0.05, 0) is 44.2 Å². The van der Waals surface area contributed by atoms with Crippen LogP contribution in [-0.4, -0.2) is 6.10 Å². The minimum absolute atomic E-state index is 0.121. The third kappa shape index (κ3) is 3.70. The van der Waals surface area contributed by atoms with Crippen LogP contribution in [0.3, 0.4) is 0 Å². The molecule has 2 nitrogen and oxygen atoms in total. The zero-order valence-electron chi connectivity index (χ0n) is 11.5. The molecule has 20 heavy (non-hydrogen) atoms. The topological polar surface area (TPSA) is 21.3 Å². The van der Waals surface area contributed by atoms with E-state index in [2.05, 4.69) is 5.32 Å². The maximum absolute atomic E-state index is 13.5. The van der Waals surface area contributed by atoms with Crippen molar-refractivity contribution in [2.45, 2.75) is 26.5 Å². The summed E-state index contributed by atoms with van der Waals surface area (Å²) in [6.45, 7) is 4.14. The first kappa shape index (κ1) is 14.3. The molecule has 2 aromatic carbocycles. The van der Waals surface area contributed by atoms with Gasteiger partial charge in [-0.15, -0.1) is 0 Å². The highest BCUT2D eigenvalue weighted by Crippen LogP contribution is 2.18. The molecule has 0 spiro atoms. The summed E-state index contributed by atoms with van der Waals surface area (Å²) in [5.41, 5.74) is 1.12. The Labute approximate surface area is 117 Å². The molecule has 0 bridgehead atoms. The second kappa shape index (κ2) is 6.37. The highest BCUT2D eigenvalue weighted by atomic mass is 19.2. The van der Waals surface area contributed by atoms with Crippen molar-refractivity contribution in [1.29, 1.82) is 0 Å². The quantitative estimate of drug-likeness (QED) is 0.876. The smallest absolute Gasteiger partial charge is 0.163 e. The van der Waals surface area contributed by atoms with Crippen LogP contribution in [0.25, 0.3) is 0 Å².